The van der Waals surface area contributed by atoms with E-state index in [2.05, 4.69) is 16.0 Å². The molecule has 0 aliphatic heterocycles. The SMILES string of the molecule is Oc1ccc2[nH]c(-c3ccc(O)c(C45CC6CC(CC(C6)C4)C5)c3)nc2c1. The molecule has 4 nitrogen and oxygen atoms in total. The number of phenols is 2. The molecule has 0 atom stereocenters. The molecule has 0 radical (unpaired) electrons. The van der Waals surface area contributed by atoms with Crippen molar-refractivity contribution >= 4 is 11.0 Å². The minimum atomic E-state index is 0.152. The Morgan fingerprint density at radius 3 is 2.30 bits per heavy atom. The zero-order chi connectivity index (χ0) is 18.2. The smallest absolute Gasteiger partial charge is 0.138 e. The molecule has 1 aromatic heterocycles. The molecule has 4 fully saturated rings. The van der Waals surface area contributed by atoms with Crippen molar-refractivity contribution in [1.82, 2.24) is 9.97 Å². The Hall–Kier alpha value is -2.49. The summed E-state index contributed by atoms with van der Waals surface area (Å²) in [5.41, 5.74) is 3.96. The van der Waals surface area contributed by atoms with Crippen molar-refractivity contribution in [3.63, 3.8) is 0 Å². The number of imidazole rings is 1. The van der Waals surface area contributed by atoms with Crippen molar-refractivity contribution in [2.24, 2.45) is 17.8 Å². The fraction of sp³-hybridized carbons (Fsp3) is 0.435. The molecule has 7 rings (SSSR count). The summed E-state index contributed by atoms with van der Waals surface area (Å²) in [5.74, 6) is 3.98. The molecule has 4 saturated carbocycles. The van der Waals surface area contributed by atoms with Gasteiger partial charge < -0.3 is 15.2 Å². The maximum absolute atomic E-state index is 10.8. The number of rotatable bonds is 2. The van der Waals surface area contributed by atoms with Crippen LogP contribution < -0.4 is 0 Å². The van der Waals surface area contributed by atoms with E-state index in [0.29, 0.717) is 5.75 Å². The summed E-state index contributed by atoms with van der Waals surface area (Å²) < 4.78 is 0. The third kappa shape index (κ3) is 2.32. The van der Waals surface area contributed by atoms with Crippen LogP contribution in [0.1, 0.15) is 44.1 Å². The molecule has 3 aromatic rings. The summed E-state index contributed by atoms with van der Waals surface area (Å²) >= 11 is 0. The number of H-pyrrole nitrogens is 1. The molecular formula is C23H24N2O2. The van der Waals surface area contributed by atoms with Gasteiger partial charge in [0.25, 0.3) is 0 Å². The Bertz CT molecular complexity index is 1020. The van der Waals surface area contributed by atoms with Crippen LogP contribution in [0.5, 0.6) is 11.5 Å². The van der Waals surface area contributed by atoms with Crippen LogP contribution in [0.15, 0.2) is 36.4 Å². The van der Waals surface area contributed by atoms with E-state index < -0.39 is 0 Å². The second-order valence-electron chi connectivity index (χ2n) is 9.22. The molecule has 27 heavy (non-hydrogen) atoms. The molecule has 0 saturated heterocycles. The highest BCUT2D eigenvalue weighted by Gasteiger charge is 2.52. The molecule has 4 aliphatic carbocycles. The maximum atomic E-state index is 10.8. The van der Waals surface area contributed by atoms with Gasteiger partial charge in [0.15, 0.2) is 0 Å². The Labute approximate surface area is 158 Å². The number of aromatic amines is 1. The van der Waals surface area contributed by atoms with Gasteiger partial charge >= 0.3 is 0 Å². The number of nitrogens with zero attached hydrogens (tertiary/aromatic N) is 1. The third-order valence-electron chi connectivity index (χ3n) is 7.35. The van der Waals surface area contributed by atoms with Crippen LogP contribution in [-0.2, 0) is 5.41 Å². The van der Waals surface area contributed by atoms with Crippen molar-refractivity contribution < 1.29 is 10.2 Å². The van der Waals surface area contributed by atoms with Crippen LogP contribution in [0, 0.1) is 17.8 Å². The number of aromatic nitrogens is 2. The fourth-order valence-corrected chi connectivity index (χ4v) is 6.68. The number of phenolic OH excluding ortho intramolecular Hbond substituents is 2. The predicted molar refractivity (Wildman–Crippen MR) is 105 cm³/mol. The Kier molecular flexibility index (Phi) is 3.04. The van der Waals surface area contributed by atoms with Gasteiger partial charge in [-0.1, -0.05) is 0 Å². The van der Waals surface area contributed by atoms with E-state index in [1.165, 1.54) is 38.5 Å². The number of nitrogens with one attached hydrogen (secondary N) is 1. The molecular weight excluding hydrogens is 336 g/mol. The van der Waals surface area contributed by atoms with Gasteiger partial charge in [-0.3, -0.25) is 0 Å². The number of fused-ring (bicyclic) bond motifs is 1. The van der Waals surface area contributed by atoms with Gasteiger partial charge in [0.05, 0.1) is 11.0 Å². The average molecular weight is 360 g/mol. The Morgan fingerprint density at radius 2 is 1.59 bits per heavy atom. The highest BCUT2D eigenvalue weighted by molar-refractivity contribution is 5.81. The number of benzene rings is 2. The van der Waals surface area contributed by atoms with Crippen molar-refractivity contribution in [2.75, 3.05) is 0 Å². The minimum Gasteiger partial charge on any atom is -0.508 e. The summed E-state index contributed by atoms with van der Waals surface area (Å²) in [6.07, 6.45) is 7.87. The molecule has 4 heteroatoms. The number of hydrogen-bond donors (Lipinski definition) is 3. The van der Waals surface area contributed by atoms with E-state index in [-0.39, 0.29) is 11.2 Å². The molecule has 0 amide bonds. The monoisotopic (exact) mass is 360 g/mol. The van der Waals surface area contributed by atoms with Crippen LogP contribution in [0.4, 0.5) is 0 Å². The first-order valence-corrected chi connectivity index (χ1v) is 10.1. The van der Waals surface area contributed by atoms with Crippen LogP contribution in [-0.4, -0.2) is 20.2 Å². The third-order valence-corrected chi connectivity index (χ3v) is 7.35. The molecule has 138 valence electrons. The maximum Gasteiger partial charge on any atom is 0.138 e. The van der Waals surface area contributed by atoms with E-state index in [1.807, 2.05) is 18.2 Å². The molecule has 0 spiro atoms. The average Bonchev–Trinajstić information content (AvgIpc) is 3.04. The highest BCUT2D eigenvalue weighted by atomic mass is 16.3. The van der Waals surface area contributed by atoms with Gasteiger partial charge in [-0.15, -0.1) is 0 Å². The van der Waals surface area contributed by atoms with E-state index in [9.17, 15) is 10.2 Å². The quantitative estimate of drug-likeness (QED) is 0.595. The standard InChI is InChI=1S/C23H24N2O2/c26-17-2-3-19-20(9-17)25-22(24-19)16-1-4-21(27)18(8-16)23-10-13-5-14(11-23)7-15(6-13)12-23/h1-4,8-9,13-15,26-27H,5-7,10-12H2,(H,24,25). The number of hydrogen-bond acceptors (Lipinski definition) is 3. The molecule has 4 aliphatic rings. The summed E-state index contributed by atoms with van der Waals surface area (Å²) in [6, 6.07) is 11.1. The van der Waals surface area contributed by atoms with E-state index in [0.717, 1.165) is 45.7 Å². The van der Waals surface area contributed by atoms with Crippen molar-refractivity contribution in [1.29, 1.82) is 0 Å². The van der Waals surface area contributed by atoms with Crippen LogP contribution in [0.3, 0.4) is 0 Å². The lowest BCUT2D eigenvalue weighted by atomic mass is 9.48. The molecule has 4 bridgehead atoms. The van der Waals surface area contributed by atoms with Crippen molar-refractivity contribution in [3.05, 3.63) is 42.0 Å². The van der Waals surface area contributed by atoms with Gasteiger partial charge in [-0.2, -0.15) is 0 Å². The topological polar surface area (TPSA) is 69.1 Å². The van der Waals surface area contributed by atoms with E-state index in [1.54, 1.807) is 12.1 Å². The fourth-order valence-electron chi connectivity index (χ4n) is 6.68. The second kappa shape index (κ2) is 5.28. The first-order valence-electron chi connectivity index (χ1n) is 10.1. The first kappa shape index (κ1) is 15.6. The molecule has 1 heterocycles. The number of aromatic hydroxyl groups is 2. The molecule has 2 aromatic carbocycles. The summed E-state index contributed by atoms with van der Waals surface area (Å²) in [4.78, 5) is 8.02. The van der Waals surface area contributed by atoms with E-state index >= 15 is 0 Å². The predicted octanol–water partition coefficient (Wildman–Crippen LogP) is 5.11. The molecule has 3 N–H and O–H groups in total. The molecule has 0 unspecified atom stereocenters. The van der Waals surface area contributed by atoms with Crippen LogP contribution >= 0.6 is 0 Å². The lowest BCUT2D eigenvalue weighted by Gasteiger charge is -2.57. The van der Waals surface area contributed by atoms with Gasteiger partial charge in [-0.25, -0.2) is 4.98 Å². The Morgan fingerprint density at radius 1 is 0.889 bits per heavy atom. The van der Waals surface area contributed by atoms with Gasteiger partial charge in [0.2, 0.25) is 0 Å². The van der Waals surface area contributed by atoms with Gasteiger partial charge in [0.1, 0.15) is 17.3 Å². The zero-order valence-corrected chi connectivity index (χ0v) is 15.3. The summed E-state index contributed by atoms with van der Waals surface area (Å²) in [7, 11) is 0. The highest BCUT2D eigenvalue weighted by Crippen LogP contribution is 2.62. The second-order valence-corrected chi connectivity index (χ2v) is 9.22. The summed E-state index contributed by atoms with van der Waals surface area (Å²) in [6.45, 7) is 0. The van der Waals surface area contributed by atoms with Gasteiger partial charge in [0, 0.05) is 17.2 Å². The van der Waals surface area contributed by atoms with Crippen molar-refractivity contribution in [2.45, 2.75) is 43.9 Å². The lowest BCUT2D eigenvalue weighted by molar-refractivity contribution is -0.00611. The summed E-state index contributed by atoms with van der Waals surface area (Å²) in [5, 5.41) is 20.5. The largest absolute Gasteiger partial charge is 0.508 e. The first-order chi connectivity index (χ1) is 13.1. The Balaban J connectivity index is 1.45. The van der Waals surface area contributed by atoms with Gasteiger partial charge in [-0.05, 0) is 92.0 Å². The zero-order valence-electron chi connectivity index (χ0n) is 15.3. The normalized spacial score (nSPS) is 31.6. The van der Waals surface area contributed by atoms with Crippen molar-refractivity contribution in [3.8, 4) is 22.9 Å². The van der Waals surface area contributed by atoms with Crippen LogP contribution in [0.25, 0.3) is 22.4 Å². The lowest BCUT2D eigenvalue weighted by Crippen LogP contribution is -2.48. The minimum absolute atomic E-state index is 0.152. The van der Waals surface area contributed by atoms with E-state index in [4.69, 9.17) is 0 Å². The van der Waals surface area contributed by atoms with Crippen LogP contribution in [0.2, 0.25) is 0 Å².